The first-order valence-electron chi connectivity index (χ1n) is 11.3. The van der Waals surface area contributed by atoms with E-state index in [1.807, 2.05) is 17.0 Å². The van der Waals surface area contributed by atoms with Crippen molar-refractivity contribution in [1.29, 1.82) is 0 Å². The van der Waals surface area contributed by atoms with Crippen molar-refractivity contribution in [3.05, 3.63) is 58.6 Å². The van der Waals surface area contributed by atoms with Crippen LogP contribution < -0.4 is 9.64 Å². The van der Waals surface area contributed by atoms with Crippen LogP contribution in [0.15, 0.2) is 42.5 Å². The topological polar surface area (TPSA) is 49.9 Å². The number of carbonyl (C=O) groups is 2. The summed E-state index contributed by atoms with van der Waals surface area (Å²) in [6.07, 6.45) is -0.887. The van der Waals surface area contributed by atoms with Gasteiger partial charge in [-0.3, -0.25) is 14.5 Å². The minimum Gasteiger partial charge on any atom is -0.497 e. The average Bonchev–Trinajstić information content (AvgIpc) is 3.12. The highest BCUT2D eigenvalue weighted by molar-refractivity contribution is 6.31. The number of halogens is 4. The van der Waals surface area contributed by atoms with Crippen LogP contribution in [0, 0.1) is 5.92 Å². The number of rotatable bonds is 6. The Balaban J connectivity index is 1.35. The second-order valence-corrected chi connectivity index (χ2v) is 9.22. The summed E-state index contributed by atoms with van der Waals surface area (Å²) in [6.45, 7) is 1.36. The van der Waals surface area contributed by atoms with Gasteiger partial charge in [0.2, 0.25) is 5.91 Å². The molecule has 2 aliphatic heterocycles. The van der Waals surface area contributed by atoms with Crippen LogP contribution in [-0.2, 0) is 22.2 Å². The van der Waals surface area contributed by atoms with Gasteiger partial charge in [-0.15, -0.1) is 0 Å². The largest absolute Gasteiger partial charge is 0.497 e. The first-order valence-corrected chi connectivity index (χ1v) is 11.7. The average molecular weight is 495 g/mol. The Morgan fingerprint density at radius 2 is 1.74 bits per heavy atom. The van der Waals surface area contributed by atoms with Crippen molar-refractivity contribution in [2.24, 2.45) is 5.92 Å². The molecule has 2 heterocycles. The lowest BCUT2D eigenvalue weighted by Crippen LogP contribution is -2.46. The predicted molar refractivity (Wildman–Crippen MR) is 123 cm³/mol. The van der Waals surface area contributed by atoms with Crippen LogP contribution in [0.4, 0.5) is 18.9 Å². The van der Waals surface area contributed by atoms with Crippen LogP contribution in [0.1, 0.15) is 36.8 Å². The normalized spacial score (nSPS) is 20.3. The van der Waals surface area contributed by atoms with E-state index in [9.17, 15) is 22.8 Å². The maximum atomic E-state index is 13.2. The number of benzene rings is 2. The van der Waals surface area contributed by atoms with Crippen LogP contribution >= 0.6 is 11.6 Å². The van der Waals surface area contributed by atoms with Crippen molar-refractivity contribution < 1.29 is 27.5 Å². The summed E-state index contributed by atoms with van der Waals surface area (Å²) in [7, 11) is 1.64. The Bertz CT molecular complexity index is 1050. The van der Waals surface area contributed by atoms with Gasteiger partial charge in [0.05, 0.1) is 35.8 Å². The molecule has 1 unspecified atom stereocenters. The van der Waals surface area contributed by atoms with Gasteiger partial charge in [0.25, 0.3) is 5.91 Å². The van der Waals surface area contributed by atoms with E-state index < -0.39 is 34.6 Å². The molecule has 0 saturated carbocycles. The fraction of sp³-hybridized carbons (Fsp3) is 0.440. The quantitative estimate of drug-likeness (QED) is 0.508. The first kappa shape index (κ1) is 24.5. The Labute approximate surface area is 201 Å². The number of amides is 2. The van der Waals surface area contributed by atoms with E-state index >= 15 is 0 Å². The highest BCUT2D eigenvalue weighted by atomic mass is 35.5. The summed E-state index contributed by atoms with van der Waals surface area (Å²) >= 11 is 5.68. The SMILES string of the molecule is COc1ccc(CCC2CCN(C3CC(=O)N(c4ccc(Cl)c(C(F)(F)F)c4)C3=O)CC2)cc1. The lowest BCUT2D eigenvalue weighted by atomic mass is 9.90. The second-order valence-electron chi connectivity index (χ2n) is 8.82. The Kier molecular flexibility index (Phi) is 7.19. The number of carbonyl (C=O) groups excluding carboxylic acids is 2. The van der Waals surface area contributed by atoms with Gasteiger partial charge in [-0.2, -0.15) is 13.2 Å². The molecule has 1 atom stereocenters. The molecule has 0 spiro atoms. The molecule has 0 aromatic heterocycles. The molecule has 0 aliphatic carbocycles. The van der Waals surface area contributed by atoms with Gasteiger partial charge >= 0.3 is 6.18 Å². The highest BCUT2D eigenvalue weighted by Crippen LogP contribution is 2.38. The summed E-state index contributed by atoms with van der Waals surface area (Å²) in [6, 6.07) is 10.5. The van der Waals surface area contributed by atoms with Gasteiger partial charge in [-0.1, -0.05) is 23.7 Å². The molecule has 5 nitrogen and oxygen atoms in total. The molecule has 9 heteroatoms. The van der Waals surface area contributed by atoms with Gasteiger partial charge in [0, 0.05) is 0 Å². The number of anilines is 1. The zero-order valence-corrected chi connectivity index (χ0v) is 19.5. The number of ether oxygens (including phenoxy) is 1. The fourth-order valence-corrected chi connectivity index (χ4v) is 4.98. The molecule has 2 aromatic carbocycles. The molecular weight excluding hydrogens is 469 g/mol. The van der Waals surface area contributed by atoms with Crippen molar-refractivity contribution in [2.75, 3.05) is 25.1 Å². The lowest BCUT2D eigenvalue weighted by Gasteiger charge is -2.34. The number of hydrogen-bond donors (Lipinski definition) is 0. The van der Waals surface area contributed by atoms with Crippen molar-refractivity contribution in [3.8, 4) is 5.75 Å². The molecule has 182 valence electrons. The number of hydrogen-bond acceptors (Lipinski definition) is 4. The maximum Gasteiger partial charge on any atom is 0.417 e. The Hall–Kier alpha value is -2.58. The molecule has 2 fully saturated rings. The number of alkyl halides is 3. The van der Waals surface area contributed by atoms with Gasteiger partial charge < -0.3 is 4.74 Å². The van der Waals surface area contributed by atoms with Gasteiger partial charge in [-0.05, 0) is 80.6 Å². The van der Waals surface area contributed by atoms with E-state index in [1.165, 1.54) is 11.6 Å². The van der Waals surface area contributed by atoms with Crippen LogP contribution in [0.2, 0.25) is 5.02 Å². The van der Waals surface area contributed by atoms with E-state index in [0.717, 1.165) is 48.5 Å². The number of imide groups is 1. The molecule has 0 N–H and O–H groups in total. The van der Waals surface area contributed by atoms with E-state index in [-0.39, 0.29) is 12.1 Å². The maximum absolute atomic E-state index is 13.2. The number of methoxy groups -OCH3 is 1. The number of likely N-dealkylation sites (tertiary alicyclic amines) is 1. The van der Waals surface area contributed by atoms with Gasteiger partial charge in [-0.25, -0.2) is 4.90 Å². The molecule has 2 aliphatic rings. The zero-order chi connectivity index (χ0) is 24.5. The van der Waals surface area contributed by atoms with Gasteiger partial charge in [0.15, 0.2) is 0 Å². The lowest BCUT2D eigenvalue weighted by molar-refractivity contribution is -0.137. The minimum absolute atomic E-state index is 0.0284. The summed E-state index contributed by atoms with van der Waals surface area (Å²) in [5.74, 6) is 0.381. The summed E-state index contributed by atoms with van der Waals surface area (Å²) in [4.78, 5) is 28.5. The number of nitrogens with zero attached hydrogens (tertiary/aromatic N) is 2. The molecule has 2 saturated heterocycles. The van der Waals surface area contributed by atoms with E-state index in [2.05, 4.69) is 12.1 Å². The first-order chi connectivity index (χ1) is 16.2. The third-order valence-electron chi connectivity index (χ3n) is 6.73. The molecule has 0 radical (unpaired) electrons. The van der Waals surface area contributed by atoms with E-state index in [1.54, 1.807) is 7.11 Å². The molecule has 4 rings (SSSR count). The number of piperidine rings is 1. The van der Waals surface area contributed by atoms with E-state index in [4.69, 9.17) is 16.3 Å². The van der Waals surface area contributed by atoms with Crippen molar-refractivity contribution >= 4 is 29.1 Å². The minimum atomic E-state index is -4.67. The van der Waals surface area contributed by atoms with Crippen LogP contribution in [0.3, 0.4) is 0 Å². The molecule has 2 aromatic rings. The number of aryl methyl sites for hydroxylation is 1. The van der Waals surface area contributed by atoms with Crippen LogP contribution in [-0.4, -0.2) is 43.0 Å². The van der Waals surface area contributed by atoms with Crippen LogP contribution in [0.25, 0.3) is 0 Å². The van der Waals surface area contributed by atoms with Crippen LogP contribution in [0.5, 0.6) is 5.75 Å². The van der Waals surface area contributed by atoms with Crippen molar-refractivity contribution in [3.63, 3.8) is 0 Å². The molecular formula is C25H26ClF3N2O3. The summed E-state index contributed by atoms with van der Waals surface area (Å²) in [5, 5.41) is -0.469. The predicted octanol–water partition coefficient (Wildman–Crippen LogP) is 5.34. The summed E-state index contributed by atoms with van der Waals surface area (Å²) in [5.41, 5.74) is 0.0913. The monoisotopic (exact) mass is 494 g/mol. The van der Waals surface area contributed by atoms with Gasteiger partial charge in [0.1, 0.15) is 5.75 Å². The molecule has 2 amide bonds. The van der Waals surface area contributed by atoms with E-state index in [0.29, 0.717) is 19.0 Å². The smallest absolute Gasteiger partial charge is 0.417 e. The summed E-state index contributed by atoms with van der Waals surface area (Å²) < 4.78 is 44.9. The second kappa shape index (κ2) is 9.96. The third kappa shape index (κ3) is 5.23. The molecule has 0 bridgehead atoms. The Morgan fingerprint density at radius 1 is 1.06 bits per heavy atom. The van der Waals surface area contributed by atoms with Crippen molar-refractivity contribution in [2.45, 2.75) is 44.3 Å². The zero-order valence-electron chi connectivity index (χ0n) is 18.8. The Morgan fingerprint density at radius 3 is 2.35 bits per heavy atom. The van der Waals surface area contributed by atoms with Crippen molar-refractivity contribution in [1.82, 2.24) is 4.90 Å². The standard InChI is InChI=1S/C25H26ClF3N2O3/c1-34-19-7-4-16(5-8-19)2-3-17-10-12-30(13-11-17)22-15-23(32)31(24(22)33)18-6-9-21(26)20(14-18)25(27,28)29/h4-9,14,17,22H,2-3,10-13,15H2,1H3. The third-order valence-corrected chi connectivity index (χ3v) is 7.06. The molecule has 34 heavy (non-hydrogen) atoms. The highest BCUT2D eigenvalue weighted by Gasteiger charge is 2.44. The fourth-order valence-electron chi connectivity index (χ4n) is 4.76.